The van der Waals surface area contributed by atoms with E-state index in [1.807, 2.05) is 39.8 Å². The number of fused-ring (bicyclic) bond motifs is 1. The monoisotopic (exact) mass is 414 g/mol. The molecule has 0 spiro atoms. The largest absolute Gasteiger partial charge is 0.467 e. The summed E-state index contributed by atoms with van der Waals surface area (Å²) in [4.78, 5) is 31.4. The van der Waals surface area contributed by atoms with Gasteiger partial charge in [0.2, 0.25) is 11.8 Å². The summed E-state index contributed by atoms with van der Waals surface area (Å²) in [7, 11) is 0. The van der Waals surface area contributed by atoms with Crippen LogP contribution in [0.25, 0.3) is 11.0 Å². The summed E-state index contributed by atoms with van der Waals surface area (Å²) >= 11 is 1.32. The van der Waals surface area contributed by atoms with Gasteiger partial charge in [0.1, 0.15) is 12.3 Å². The number of morpholine rings is 1. The molecule has 1 fully saturated rings. The zero-order valence-corrected chi connectivity index (χ0v) is 16.7. The van der Waals surface area contributed by atoms with E-state index in [2.05, 4.69) is 10.3 Å². The highest BCUT2D eigenvalue weighted by molar-refractivity contribution is 7.99. The number of carbonyl (C=O) groups excluding carboxylic acids is 2. The van der Waals surface area contributed by atoms with Crippen LogP contribution in [0, 0.1) is 0 Å². The van der Waals surface area contributed by atoms with Crippen LogP contribution in [0.4, 0.5) is 0 Å². The number of amides is 2. The summed E-state index contributed by atoms with van der Waals surface area (Å²) in [6.45, 7) is 2.86. The molecule has 8 nitrogen and oxygen atoms in total. The number of benzene rings is 1. The van der Waals surface area contributed by atoms with Crippen LogP contribution in [-0.2, 0) is 27.4 Å². The van der Waals surface area contributed by atoms with Crippen LogP contribution < -0.4 is 5.32 Å². The lowest BCUT2D eigenvalue weighted by atomic mass is 10.3. The first-order valence-electron chi connectivity index (χ1n) is 9.43. The van der Waals surface area contributed by atoms with E-state index in [-0.39, 0.29) is 24.1 Å². The maximum absolute atomic E-state index is 12.8. The summed E-state index contributed by atoms with van der Waals surface area (Å²) in [6.07, 6.45) is 1.57. The lowest BCUT2D eigenvalue weighted by molar-refractivity contribution is -0.135. The first-order chi connectivity index (χ1) is 14.2. The quantitative estimate of drug-likeness (QED) is 0.594. The summed E-state index contributed by atoms with van der Waals surface area (Å²) in [6, 6.07) is 11.3. The summed E-state index contributed by atoms with van der Waals surface area (Å²) in [5, 5.41) is 3.48. The number of rotatable bonds is 7. The first kappa shape index (κ1) is 19.5. The Morgan fingerprint density at radius 3 is 2.76 bits per heavy atom. The molecule has 9 heteroatoms. The first-order valence-corrected chi connectivity index (χ1v) is 10.4. The van der Waals surface area contributed by atoms with Crippen molar-refractivity contribution in [2.24, 2.45) is 0 Å². The Bertz CT molecular complexity index is 980. The molecule has 4 rings (SSSR count). The van der Waals surface area contributed by atoms with Gasteiger partial charge in [-0.2, -0.15) is 0 Å². The van der Waals surface area contributed by atoms with Gasteiger partial charge in [-0.15, -0.1) is 0 Å². The molecule has 1 N–H and O–H groups in total. The Kier molecular flexibility index (Phi) is 6.16. The van der Waals surface area contributed by atoms with E-state index in [9.17, 15) is 9.59 Å². The average molecular weight is 414 g/mol. The van der Waals surface area contributed by atoms with Gasteiger partial charge < -0.3 is 23.9 Å². The second kappa shape index (κ2) is 9.15. The Hall–Kier alpha value is -2.78. The number of aromatic nitrogens is 2. The number of thioether (sulfide) groups is 1. The topological polar surface area (TPSA) is 89.6 Å². The molecule has 1 aliphatic rings. The molecule has 2 aromatic heterocycles. The van der Waals surface area contributed by atoms with Gasteiger partial charge >= 0.3 is 0 Å². The molecule has 0 bridgehead atoms. The average Bonchev–Trinajstić information content (AvgIpc) is 3.39. The molecule has 0 aliphatic carbocycles. The number of nitrogens with one attached hydrogen (secondary N) is 1. The zero-order valence-electron chi connectivity index (χ0n) is 15.9. The molecule has 152 valence electrons. The highest BCUT2D eigenvalue weighted by Crippen LogP contribution is 2.24. The van der Waals surface area contributed by atoms with Crippen molar-refractivity contribution in [3.8, 4) is 0 Å². The maximum Gasteiger partial charge on any atom is 0.242 e. The van der Waals surface area contributed by atoms with Gasteiger partial charge in [0.15, 0.2) is 5.16 Å². The minimum Gasteiger partial charge on any atom is -0.467 e. The van der Waals surface area contributed by atoms with Crippen molar-refractivity contribution in [3.63, 3.8) is 0 Å². The van der Waals surface area contributed by atoms with Crippen molar-refractivity contribution in [1.82, 2.24) is 19.8 Å². The number of nitrogens with zero attached hydrogens (tertiary/aromatic N) is 3. The molecular weight excluding hydrogens is 392 g/mol. The number of carbonyl (C=O) groups is 2. The lowest BCUT2D eigenvalue weighted by Crippen LogP contribution is -2.42. The molecule has 3 aromatic rings. The van der Waals surface area contributed by atoms with Crippen molar-refractivity contribution in [2.75, 3.05) is 32.1 Å². The second-order valence-corrected chi connectivity index (χ2v) is 7.55. The third-order valence-electron chi connectivity index (χ3n) is 4.65. The number of furan rings is 1. The molecule has 0 unspecified atom stereocenters. The third kappa shape index (κ3) is 4.80. The van der Waals surface area contributed by atoms with Gasteiger partial charge in [-0.3, -0.25) is 9.59 Å². The van der Waals surface area contributed by atoms with Gasteiger partial charge in [0, 0.05) is 13.1 Å². The van der Waals surface area contributed by atoms with Gasteiger partial charge in [-0.05, 0) is 24.3 Å². The third-order valence-corrected chi connectivity index (χ3v) is 5.63. The molecule has 1 aromatic carbocycles. The van der Waals surface area contributed by atoms with E-state index in [0.717, 1.165) is 11.0 Å². The maximum atomic E-state index is 12.8. The van der Waals surface area contributed by atoms with Crippen LogP contribution in [-0.4, -0.2) is 58.3 Å². The normalized spacial score (nSPS) is 14.3. The fourth-order valence-corrected chi connectivity index (χ4v) is 3.99. The number of ether oxygens (including phenoxy) is 1. The van der Waals surface area contributed by atoms with Crippen LogP contribution in [0.5, 0.6) is 0 Å². The van der Waals surface area contributed by atoms with Crippen molar-refractivity contribution in [3.05, 3.63) is 48.4 Å². The van der Waals surface area contributed by atoms with Crippen LogP contribution in [0.15, 0.2) is 52.2 Å². The molecule has 1 aliphatic heterocycles. The Balaban J connectivity index is 1.44. The Labute approximate surface area is 172 Å². The zero-order chi connectivity index (χ0) is 20.1. The molecule has 0 saturated carbocycles. The highest BCUT2D eigenvalue weighted by Gasteiger charge is 2.20. The van der Waals surface area contributed by atoms with Crippen molar-refractivity contribution in [2.45, 2.75) is 18.2 Å². The van der Waals surface area contributed by atoms with Gasteiger partial charge in [-0.25, -0.2) is 4.98 Å². The Morgan fingerprint density at radius 2 is 1.97 bits per heavy atom. The van der Waals surface area contributed by atoms with Crippen molar-refractivity contribution < 1.29 is 18.7 Å². The van der Waals surface area contributed by atoms with Gasteiger partial charge in [0.25, 0.3) is 0 Å². The number of imidazole rings is 1. The van der Waals surface area contributed by atoms with Crippen LogP contribution in [0.2, 0.25) is 0 Å². The predicted octanol–water partition coefficient (Wildman–Crippen LogP) is 1.90. The van der Waals surface area contributed by atoms with E-state index in [0.29, 0.717) is 43.8 Å². The van der Waals surface area contributed by atoms with E-state index in [4.69, 9.17) is 9.15 Å². The molecule has 3 heterocycles. The minimum absolute atomic E-state index is 0.0283. The molecule has 1 saturated heterocycles. The van der Waals surface area contributed by atoms with E-state index in [1.54, 1.807) is 12.3 Å². The van der Waals surface area contributed by atoms with Crippen LogP contribution >= 0.6 is 11.8 Å². The number of para-hydroxylation sites is 2. The minimum atomic E-state index is -0.121. The molecule has 0 radical (unpaired) electrons. The molecule has 29 heavy (non-hydrogen) atoms. The van der Waals surface area contributed by atoms with E-state index in [1.165, 1.54) is 11.8 Å². The molecule has 2 amide bonds. The Morgan fingerprint density at radius 1 is 1.14 bits per heavy atom. The molecule has 0 atom stereocenters. The van der Waals surface area contributed by atoms with Crippen LogP contribution in [0.1, 0.15) is 5.76 Å². The summed E-state index contributed by atoms with van der Waals surface area (Å²) in [5.74, 6) is 0.812. The van der Waals surface area contributed by atoms with Gasteiger partial charge in [0.05, 0.1) is 42.8 Å². The summed E-state index contributed by atoms with van der Waals surface area (Å²) in [5.41, 5.74) is 1.69. The number of hydrogen-bond acceptors (Lipinski definition) is 6. The lowest BCUT2D eigenvalue weighted by Gasteiger charge is -2.27. The molecular formula is C20H22N4O4S. The fourth-order valence-electron chi connectivity index (χ4n) is 3.14. The highest BCUT2D eigenvalue weighted by atomic mass is 32.2. The van der Waals surface area contributed by atoms with Crippen molar-refractivity contribution >= 4 is 34.6 Å². The van der Waals surface area contributed by atoms with E-state index < -0.39 is 0 Å². The smallest absolute Gasteiger partial charge is 0.242 e. The summed E-state index contributed by atoms with van der Waals surface area (Å²) < 4.78 is 12.4. The SMILES string of the molecule is O=C(CSc1nc2ccccc2n1CC(=O)N1CCOCC1)NCc1ccco1. The van der Waals surface area contributed by atoms with Gasteiger partial charge in [-0.1, -0.05) is 23.9 Å². The van der Waals surface area contributed by atoms with E-state index >= 15 is 0 Å². The fraction of sp³-hybridized carbons (Fsp3) is 0.350. The van der Waals surface area contributed by atoms with Crippen LogP contribution in [0.3, 0.4) is 0 Å². The second-order valence-electron chi connectivity index (χ2n) is 6.61. The number of hydrogen-bond donors (Lipinski definition) is 1. The predicted molar refractivity (Wildman–Crippen MR) is 108 cm³/mol. The van der Waals surface area contributed by atoms with Crippen molar-refractivity contribution in [1.29, 1.82) is 0 Å². The standard InChI is InChI=1S/C20H22N4O4S/c25-18(21-12-15-4-3-9-28-15)14-29-20-22-16-5-1-2-6-17(16)24(20)13-19(26)23-7-10-27-11-8-23/h1-6,9H,7-8,10-14H2,(H,21,25).